The molecule has 0 aliphatic heterocycles. The van der Waals surface area contributed by atoms with E-state index in [0.29, 0.717) is 0 Å². The maximum absolute atomic E-state index is 14.0. The highest BCUT2D eigenvalue weighted by atomic mass is 19.1. The standard InChI is InChI=1S/C24H25FN2O4/c1-15-23(20-12-18(25)8-9-21(20)27(15)13-22(28)30-2)17-10-19(11-17)26-24(29)31-14-16-6-4-3-5-7-16/h3-9,12,17,19H,10-11,13-14H2,1-2H3,(H,26,29). The molecule has 1 amide bonds. The summed E-state index contributed by atoms with van der Waals surface area (Å²) in [5.41, 5.74) is 3.67. The van der Waals surface area contributed by atoms with E-state index in [9.17, 15) is 14.0 Å². The van der Waals surface area contributed by atoms with Crippen LogP contribution in [0.5, 0.6) is 0 Å². The summed E-state index contributed by atoms with van der Waals surface area (Å²) in [6.07, 6.45) is 1.02. The number of carbonyl (C=O) groups is 2. The predicted octanol–water partition coefficient (Wildman–Crippen LogP) is 4.43. The number of fused-ring (bicyclic) bond motifs is 1. The first-order chi connectivity index (χ1) is 15.0. The van der Waals surface area contributed by atoms with Crippen molar-refractivity contribution in [3.05, 3.63) is 71.2 Å². The molecule has 1 fully saturated rings. The second-order valence-corrected chi connectivity index (χ2v) is 7.89. The maximum Gasteiger partial charge on any atom is 0.407 e. The molecule has 0 atom stereocenters. The van der Waals surface area contributed by atoms with E-state index in [4.69, 9.17) is 9.47 Å². The molecule has 2 aromatic carbocycles. The minimum Gasteiger partial charge on any atom is -0.468 e. The summed E-state index contributed by atoms with van der Waals surface area (Å²) in [5.74, 6) is -0.504. The molecule has 0 bridgehead atoms. The van der Waals surface area contributed by atoms with Crippen LogP contribution in [0.1, 0.15) is 35.6 Å². The first-order valence-corrected chi connectivity index (χ1v) is 10.3. The van der Waals surface area contributed by atoms with Gasteiger partial charge in [-0.15, -0.1) is 0 Å². The van der Waals surface area contributed by atoms with Crippen molar-refractivity contribution in [2.24, 2.45) is 0 Å². The SMILES string of the molecule is COC(=O)Cn1c(C)c(C2CC(NC(=O)OCc3ccccc3)C2)c2cc(F)ccc21. The molecule has 1 heterocycles. The van der Waals surface area contributed by atoms with Gasteiger partial charge in [0.2, 0.25) is 0 Å². The van der Waals surface area contributed by atoms with E-state index in [1.54, 1.807) is 6.07 Å². The Morgan fingerprint density at radius 1 is 1.16 bits per heavy atom. The Morgan fingerprint density at radius 3 is 2.61 bits per heavy atom. The van der Waals surface area contributed by atoms with Crippen LogP contribution in [0.25, 0.3) is 10.9 Å². The van der Waals surface area contributed by atoms with E-state index in [2.05, 4.69) is 5.32 Å². The van der Waals surface area contributed by atoms with Gasteiger partial charge < -0.3 is 19.4 Å². The molecule has 0 radical (unpaired) electrons. The molecule has 1 N–H and O–H groups in total. The number of hydrogen-bond donors (Lipinski definition) is 1. The summed E-state index contributed by atoms with van der Waals surface area (Å²) >= 11 is 0. The number of hydrogen-bond acceptors (Lipinski definition) is 4. The van der Waals surface area contributed by atoms with Crippen molar-refractivity contribution in [2.45, 2.75) is 44.9 Å². The molecular formula is C24H25FN2O4. The van der Waals surface area contributed by atoms with Crippen LogP contribution in [0.4, 0.5) is 9.18 Å². The smallest absolute Gasteiger partial charge is 0.407 e. The highest BCUT2D eigenvalue weighted by Gasteiger charge is 2.35. The Balaban J connectivity index is 1.43. The first kappa shape index (κ1) is 20.9. The fourth-order valence-electron chi connectivity index (χ4n) is 4.30. The molecular weight excluding hydrogens is 399 g/mol. The average molecular weight is 424 g/mol. The van der Waals surface area contributed by atoms with Crippen LogP contribution in [0.3, 0.4) is 0 Å². The second kappa shape index (κ2) is 8.79. The fraction of sp³-hybridized carbons (Fsp3) is 0.333. The predicted molar refractivity (Wildman–Crippen MR) is 114 cm³/mol. The van der Waals surface area contributed by atoms with E-state index < -0.39 is 6.09 Å². The van der Waals surface area contributed by atoms with Gasteiger partial charge in [-0.1, -0.05) is 30.3 Å². The Morgan fingerprint density at radius 2 is 1.90 bits per heavy atom. The molecule has 162 valence electrons. The van der Waals surface area contributed by atoms with Gasteiger partial charge in [-0.3, -0.25) is 4.79 Å². The lowest BCUT2D eigenvalue weighted by atomic mass is 9.75. The van der Waals surface area contributed by atoms with Gasteiger partial charge in [0, 0.05) is 22.6 Å². The molecule has 1 aliphatic carbocycles. The topological polar surface area (TPSA) is 69.6 Å². The Labute approximate surface area is 179 Å². The molecule has 1 saturated carbocycles. The lowest BCUT2D eigenvalue weighted by molar-refractivity contribution is -0.141. The monoisotopic (exact) mass is 424 g/mol. The molecule has 0 unspecified atom stereocenters. The van der Waals surface area contributed by atoms with Gasteiger partial charge in [-0.05, 0) is 55.0 Å². The van der Waals surface area contributed by atoms with Crippen molar-refractivity contribution in [1.82, 2.24) is 9.88 Å². The maximum atomic E-state index is 14.0. The zero-order valence-corrected chi connectivity index (χ0v) is 17.6. The van der Waals surface area contributed by atoms with Crippen LogP contribution in [0, 0.1) is 12.7 Å². The molecule has 4 rings (SSSR count). The Hall–Kier alpha value is -3.35. The lowest BCUT2D eigenvalue weighted by Gasteiger charge is -2.36. The summed E-state index contributed by atoms with van der Waals surface area (Å²) < 4.78 is 25.9. The number of halogens is 1. The normalized spacial score (nSPS) is 17.8. The van der Waals surface area contributed by atoms with Crippen molar-refractivity contribution >= 4 is 23.0 Å². The van der Waals surface area contributed by atoms with Crippen LogP contribution < -0.4 is 5.32 Å². The number of benzene rings is 2. The van der Waals surface area contributed by atoms with E-state index in [1.165, 1.54) is 19.2 Å². The molecule has 1 aromatic heterocycles. The quantitative estimate of drug-likeness (QED) is 0.594. The van der Waals surface area contributed by atoms with Crippen LogP contribution in [-0.4, -0.2) is 29.8 Å². The van der Waals surface area contributed by atoms with Crippen molar-refractivity contribution in [3.63, 3.8) is 0 Å². The molecule has 6 nitrogen and oxygen atoms in total. The number of esters is 1. The van der Waals surface area contributed by atoms with Crippen LogP contribution >= 0.6 is 0 Å². The number of carbonyl (C=O) groups excluding carboxylic acids is 2. The number of ether oxygens (including phenoxy) is 2. The van der Waals surface area contributed by atoms with E-state index in [1.807, 2.05) is 41.8 Å². The summed E-state index contributed by atoms with van der Waals surface area (Å²) in [7, 11) is 1.35. The molecule has 0 spiro atoms. The van der Waals surface area contributed by atoms with E-state index >= 15 is 0 Å². The van der Waals surface area contributed by atoms with Crippen molar-refractivity contribution < 1.29 is 23.5 Å². The molecule has 3 aromatic rings. The fourth-order valence-corrected chi connectivity index (χ4v) is 4.30. The van der Waals surface area contributed by atoms with Gasteiger partial charge in [0.1, 0.15) is 19.0 Å². The highest BCUT2D eigenvalue weighted by molar-refractivity contribution is 5.88. The molecule has 7 heteroatoms. The molecule has 31 heavy (non-hydrogen) atoms. The van der Waals surface area contributed by atoms with E-state index in [0.717, 1.165) is 40.6 Å². The van der Waals surface area contributed by atoms with Gasteiger partial charge in [0.25, 0.3) is 0 Å². The summed E-state index contributed by atoms with van der Waals surface area (Å²) in [6.45, 7) is 2.23. The third kappa shape index (κ3) is 4.40. The first-order valence-electron chi connectivity index (χ1n) is 10.3. The van der Waals surface area contributed by atoms with E-state index in [-0.39, 0.29) is 36.9 Å². The summed E-state index contributed by atoms with van der Waals surface area (Å²) in [5, 5.41) is 3.70. The van der Waals surface area contributed by atoms with Gasteiger partial charge in [-0.25, -0.2) is 9.18 Å². The third-order valence-electron chi connectivity index (χ3n) is 5.93. The van der Waals surface area contributed by atoms with Gasteiger partial charge in [0.05, 0.1) is 7.11 Å². The number of nitrogens with zero attached hydrogens (tertiary/aromatic N) is 1. The Bertz CT molecular complexity index is 1100. The molecule has 0 saturated heterocycles. The summed E-state index contributed by atoms with van der Waals surface area (Å²) in [6, 6.07) is 14.1. The highest BCUT2D eigenvalue weighted by Crippen LogP contribution is 2.43. The third-order valence-corrected chi connectivity index (χ3v) is 5.93. The average Bonchev–Trinajstić information content (AvgIpc) is 3.00. The zero-order valence-electron chi connectivity index (χ0n) is 17.6. The van der Waals surface area contributed by atoms with Crippen molar-refractivity contribution in [1.29, 1.82) is 0 Å². The lowest BCUT2D eigenvalue weighted by Crippen LogP contribution is -2.43. The number of alkyl carbamates (subject to hydrolysis) is 1. The Kier molecular flexibility index (Phi) is 5.93. The minimum absolute atomic E-state index is 0.000222. The van der Waals surface area contributed by atoms with Crippen molar-refractivity contribution in [2.75, 3.05) is 7.11 Å². The summed E-state index contributed by atoms with van der Waals surface area (Å²) in [4.78, 5) is 24.0. The second-order valence-electron chi connectivity index (χ2n) is 7.89. The zero-order chi connectivity index (χ0) is 22.0. The largest absolute Gasteiger partial charge is 0.468 e. The molecule has 1 aliphatic rings. The number of nitrogens with one attached hydrogen (secondary N) is 1. The van der Waals surface area contributed by atoms with Gasteiger partial charge in [-0.2, -0.15) is 0 Å². The number of methoxy groups -OCH3 is 1. The number of aromatic nitrogens is 1. The van der Waals surface area contributed by atoms with Crippen LogP contribution in [0.2, 0.25) is 0 Å². The minimum atomic E-state index is -0.441. The number of rotatable bonds is 6. The van der Waals surface area contributed by atoms with Crippen LogP contribution in [-0.2, 0) is 27.4 Å². The van der Waals surface area contributed by atoms with Crippen molar-refractivity contribution in [3.8, 4) is 0 Å². The van der Waals surface area contributed by atoms with Gasteiger partial charge in [0.15, 0.2) is 0 Å². The number of amides is 1. The van der Waals surface area contributed by atoms with Crippen LogP contribution in [0.15, 0.2) is 48.5 Å². The van der Waals surface area contributed by atoms with Gasteiger partial charge >= 0.3 is 12.1 Å².